The van der Waals surface area contributed by atoms with Crippen LogP contribution in [0.4, 0.5) is 0 Å². The van der Waals surface area contributed by atoms with Crippen molar-refractivity contribution in [2.45, 2.75) is 94.7 Å². The lowest BCUT2D eigenvalue weighted by Crippen LogP contribution is -2.59. The molecule has 2 saturated heterocycles. The Hall–Kier alpha value is -1.14. The van der Waals surface area contributed by atoms with Gasteiger partial charge in [-0.1, -0.05) is 6.42 Å². The first-order valence-electron chi connectivity index (χ1n) is 12.6. The predicted molar refractivity (Wildman–Crippen MR) is 115 cm³/mol. The van der Waals surface area contributed by atoms with Crippen LogP contribution < -0.4 is 5.32 Å². The predicted octanol–water partition coefficient (Wildman–Crippen LogP) is 2.30. The Labute approximate surface area is 180 Å². The number of carbonyl (C=O) groups excluding carboxylic acids is 2. The lowest BCUT2D eigenvalue weighted by molar-refractivity contribution is -0.163. The molecule has 0 spiro atoms. The van der Waals surface area contributed by atoms with Crippen LogP contribution in [-0.4, -0.2) is 70.6 Å². The monoisotopic (exact) mass is 417 g/mol. The zero-order valence-electron chi connectivity index (χ0n) is 18.4. The molecule has 0 bridgehead atoms. The summed E-state index contributed by atoms with van der Waals surface area (Å²) in [7, 11) is 0. The van der Waals surface area contributed by atoms with Crippen LogP contribution in [0.25, 0.3) is 0 Å². The first-order valence-corrected chi connectivity index (χ1v) is 12.6. The van der Waals surface area contributed by atoms with Gasteiger partial charge < -0.3 is 20.2 Å². The number of nitrogens with one attached hydrogen (secondary N) is 1. The fourth-order valence-electron chi connectivity index (χ4n) is 6.90. The normalized spacial score (nSPS) is 38.6. The summed E-state index contributed by atoms with van der Waals surface area (Å²) in [5.41, 5.74) is -1.11. The lowest BCUT2D eigenvalue weighted by atomic mass is 9.74. The molecule has 5 aliphatic rings. The summed E-state index contributed by atoms with van der Waals surface area (Å²) in [5, 5.41) is 14.3. The van der Waals surface area contributed by atoms with E-state index in [1.165, 1.54) is 44.9 Å². The third-order valence-corrected chi connectivity index (χ3v) is 9.08. The van der Waals surface area contributed by atoms with Crippen molar-refractivity contribution in [2.24, 2.45) is 17.8 Å². The molecule has 5 fully saturated rings. The SMILES string of the molecule is O=C(C1CCC(C2CCC3CCCC3N2)CC1)N1CCN(C(=O)C2(O)CCC2)CC1. The minimum absolute atomic E-state index is 0.120. The van der Waals surface area contributed by atoms with Crippen molar-refractivity contribution in [3.05, 3.63) is 0 Å². The molecule has 0 aromatic carbocycles. The minimum Gasteiger partial charge on any atom is -0.380 e. The number of amides is 2. The molecule has 5 rings (SSSR count). The number of hydrogen-bond donors (Lipinski definition) is 2. The smallest absolute Gasteiger partial charge is 0.254 e. The van der Waals surface area contributed by atoms with Gasteiger partial charge in [-0.25, -0.2) is 0 Å². The van der Waals surface area contributed by atoms with Gasteiger partial charge in [-0.2, -0.15) is 0 Å². The molecular formula is C24H39N3O3. The summed E-state index contributed by atoms with van der Waals surface area (Å²) in [6.45, 7) is 2.37. The summed E-state index contributed by atoms with van der Waals surface area (Å²) in [6.07, 6.45) is 13.4. The van der Waals surface area contributed by atoms with E-state index < -0.39 is 5.60 Å². The number of aliphatic hydroxyl groups is 1. The highest BCUT2D eigenvalue weighted by molar-refractivity contribution is 5.86. The molecule has 2 N–H and O–H groups in total. The lowest BCUT2D eigenvalue weighted by Gasteiger charge is -2.44. The highest BCUT2D eigenvalue weighted by Crippen LogP contribution is 2.40. The molecule has 3 saturated carbocycles. The van der Waals surface area contributed by atoms with Crippen LogP contribution >= 0.6 is 0 Å². The first kappa shape index (κ1) is 20.7. The largest absolute Gasteiger partial charge is 0.380 e. The molecule has 0 aromatic heterocycles. The van der Waals surface area contributed by atoms with Gasteiger partial charge in [0.1, 0.15) is 5.60 Å². The van der Waals surface area contributed by atoms with Gasteiger partial charge in [0, 0.05) is 44.2 Å². The topological polar surface area (TPSA) is 72.9 Å². The van der Waals surface area contributed by atoms with E-state index in [1.54, 1.807) is 4.90 Å². The average molecular weight is 418 g/mol. The molecule has 2 amide bonds. The van der Waals surface area contributed by atoms with E-state index in [1.807, 2.05) is 4.90 Å². The van der Waals surface area contributed by atoms with Crippen LogP contribution in [-0.2, 0) is 9.59 Å². The van der Waals surface area contributed by atoms with E-state index in [0.717, 1.165) is 37.1 Å². The molecule has 0 radical (unpaired) electrons. The molecular weight excluding hydrogens is 378 g/mol. The number of piperazine rings is 1. The van der Waals surface area contributed by atoms with Crippen molar-refractivity contribution >= 4 is 11.8 Å². The Balaban J connectivity index is 1.07. The van der Waals surface area contributed by atoms with Crippen molar-refractivity contribution < 1.29 is 14.7 Å². The summed E-state index contributed by atoms with van der Waals surface area (Å²) in [5.74, 6) is 2.02. The van der Waals surface area contributed by atoms with Crippen molar-refractivity contribution in [3.8, 4) is 0 Å². The Bertz CT molecular complexity index is 648. The molecule has 2 aliphatic heterocycles. The van der Waals surface area contributed by atoms with Crippen molar-refractivity contribution in [1.29, 1.82) is 0 Å². The maximum absolute atomic E-state index is 13.1. The van der Waals surface area contributed by atoms with Crippen LogP contribution in [0.1, 0.15) is 77.0 Å². The number of rotatable bonds is 3. The van der Waals surface area contributed by atoms with Gasteiger partial charge in [-0.15, -0.1) is 0 Å². The Morgan fingerprint density at radius 3 is 2.00 bits per heavy atom. The fraction of sp³-hybridized carbons (Fsp3) is 0.917. The quantitative estimate of drug-likeness (QED) is 0.739. The zero-order valence-corrected chi connectivity index (χ0v) is 18.4. The maximum atomic E-state index is 13.1. The van der Waals surface area contributed by atoms with Crippen LogP contribution in [0, 0.1) is 17.8 Å². The zero-order chi connectivity index (χ0) is 20.7. The number of carbonyl (C=O) groups is 2. The molecule has 6 heteroatoms. The first-order chi connectivity index (χ1) is 14.5. The van der Waals surface area contributed by atoms with Crippen LogP contribution in [0.2, 0.25) is 0 Å². The van der Waals surface area contributed by atoms with E-state index >= 15 is 0 Å². The van der Waals surface area contributed by atoms with Gasteiger partial charge >= 0.3 is 0 Å². The second-order valence-electron chi connectivity index (χ2n) is 10.8. The third-order valence-electron chi connectivity index (χ3n) is 9.08. The Morgan fingerprint density at radius 2 is 1.33 bits per heavy atom. The highest BCUT2D eigenvalue weighted by Gasteiger charge is 2.45. The number of nitrogens with zero attached hydrogens (tertiary/aromatic N) is 2. The minimum atomic E-state index is -1.11. The van der Waals surface area contributed by atoms with Crippen molar-refractivity contribution in [2.75, 3.05) is 26.2 Å². The summed E-state index contributed by atoms with van der Waals surface area (Å²) in [6, 6.07) is 1.44. The fourth-order valence-corrected chi connectivity index (χ4v) is 6.90. The van der Waals surface area contributed by atoms with Crippen molar-refractivity contribution in [1.82, 2.24) is 15.1 Å². The number of hydrogen-bond acceptors (Lipinski definition) is 4. The van der Waals surface area contributed by atoms with Gasteiger partial charge in [0.25, 0.3) is 5.91 Å². The van der Waals surface area contributed by atoms with Gasteiger partial charge in [-0.05, 0) is 82.5 Å². The van der Waals surface area contributed by atoms with E-state index in [4.69, 9.17) is 0 Å². The molecule has 3 unspecified atom stereocenters. The molecule has 3 atom stereocenters. The van der Waals surface area contributed by atoms with Gasteiger partial charge in [0.05, 0.1) is 0 Å². The maximum Gasteiger partial charge on any atom is 0.254 e. The Morgan fingerprint density at radius 1 is 0.733 bits per heavy atom. The van der Waals surface area contributed by atoms with Gasteiger partial charge in [-0.3, -0.25) is 9.59 Å². The van der Waals surface area contributed by atoms with Crippen LogP contribution in [0.5, 0.6) is 0 Å². The number of fused-ring (bicyclic) bond motifs is 1. The second kappa shape index (κ2) is 8.42. The van der Waals surface area contributed by atoms with E-state index in [-0.39, 0.29) is 11.8 Å². The molecule has 30 heavy (non-hydrogen) atoms. The standard InChI is InChI=1S/C24H39N3O3/c28-22(26-13-15-27(16-14-26)23(29)24(30)11-2-12-24)19-7-5-18(6-8-19)21-10-9-17-3-1-4-20(17)25-21/h17-21,25,30H,1-16H2. The molecule has 2 heterocycles. The van der Waals surface area contributed by atoms with Crippen LogP contribution in [0.3, 0.4) is 0 Å². The summed E-state index contributed by atoms with van der Waals surface area (Å²) < 4.78 is 0. The summed E-state index contributed by atoms with van der Waals surface area (Å²) >= 11 is 0. The molecule has 168 valence electrons. The van der Waals surface area contributed by atoms with E-state index in [0.29, 0.717) is 51.0 Å². The third kappa shape index (κ3) is 3.90. The second-order valence-corrected chi connectivity index (χ2v) is 10.8. The molecule has 0 aromatic rings. The van der Waals surface area contributed by atoms with Gasteiger partial charge in [0.2, 0.25) is 5.91 Å². The highest BCUT2D eigenvalue weighted by atomic mass is 16.3. The average Bonchev–Trinajstić information content (AvgIpc) is 3.24. The summed E-state index contributed by atoms with van der Waals surface area (Å²) in [4.78, 5) is 29.3. The van der Waals surface area contributed by atoms with E-state index in [9.17, 15) is 14.7 Å². The van der Waals surface area contributed by atoms with Gasteiger partial charge in [0.15, 0.2) is 0 Å². The number of piperidine rings is 1. The molecule has 3 aliphatic carbocycles. The molecule has 6 nitrogen and oxygen atoms in total. The van der Waals surface area contributed by atoms with E-state index in [2.05, 4.69) is 5.32 Å². The van der Waals surface area contributed by atoms with Crippen LogP contribution in [0.15, 0.2) is 0 Å². The Kier molecular flexibility index (Phi) is 5.82. The van der Waals surface area contributed by atoms with Crippen molar-refractivity contribution in [3.63, 3.8) is 0 Å².